The predicted molar refractivity (Wildman–Crippen MR) is 71.2 cm³/mol. The Kier molecular flexibility index (Phi) is 3.74. The van der Waals surface area contributed by atoms with Crippen LogP contribution in [0.4, 0.5) is 4.39 Å². The molecule has 0 spiro atoms. The van der Waals surface area contributed by atoms with E-state index in [1.165, 1.54) is 6.07 Å². The van der Waals surface area contributed by atoms with Gasteiger partial charge in [-0.3, -0.25) is 0 Å². The first-order valence-corrected chi connectivity index (χ1v) is 6.60. The molecule has 1 N–H and O–H groups in total. The van der Waals surface area contributed by atoms with E-state index in [1.54, 1.807) is 12.1 Å². The van der Waals surface area contributed by atoms with Crippen molar-refractivity contribution in [2.24, 2.45) is 0 Å². The van der Waals surface area contributed by atoms with Gasteiger partial charge in [-0.25, -0.2) is 4.39 Å². The molecule has 1 aliphatic heterocycles. The standard InChI is InChI=1S/C15H22FNO/c1-4-14(2)10-17-11-15(3,18-14)9-12-6-5-7-13(16)8-12/h5-8,17H,4,9-11H2,1-3H3. The Morgan fingerprint density at radius 3 is 2.67 bits per heavy atom. The summed E-state index contributed by atoms with van der Waals surface area (Å²) in [4.78, 5) is 0. The van der Waals surface area contributed by atoms with Crippen LogP contribution in [0.2, 0.25) is 0 Å². The topological polar surface area (TPSA) is 21.3 Å². The van der Waals surface area contributed by atoms with E-state index in [1.807, 2.05) is 6.07 Å². The van der Waals surface area contributed by atoms with Crippen molar-refractivity contribution in [3.8, 4) is 0 Å². The molecule has 1 saturated heterocycles. The summed E-state index contributed by atoms with van der Waals surface area (Å²) in [6.45, 7) is 8.04. The van der Waals surface area contributed by atoms with Gasteiger partial charge in [0.1, 0.15) is 5.82 Å². The fourth-order valence-corrected chi connectivity index (χ4v) is 2.63. The third kappa shape index (κ3) is 3.09. The van der Waals surface area contributed by atoms with Crippen LogP contribution in [0.5, 0.6) is 0 Å². The number of halogens is 1. The van der Waals surface area contributed by atoms with E-state index in [0.29, 0.717) is 0 Å². The maximum Gasteiger partial charge on any atom is 0.123 e. The smallest absolute Gasteiger partial charge is 0.123 e. The maximum absolute atomic E-state index is 13.2. The molecule has 1 aliphatic rings. The first kappa shape index (κ1) is 13.5. The number of hydrogen-bond donors (Lipinski definition) is 1. The van der Waals surface area contributed by atoms with Crippen molar-refractivity contribution in [3.05, 3.63) is 35.6 Å². The SMILES string of the molecule is CCC1(C)CNCC(C)(Cc2cccc(F)c2)O1. The normalized spacial score (nSPS) is 32.4. The summed E-state index contributed by atoms with van der Waals surface area (Å²) in [6.07, 6.45) is 1.70. The Bertz CT molecular complexity index is 423. The van der Waals surface area contributed by atoms with Crippen molar-refractivity contribution in [2.45, 2.75) is 44.8 Å². The summed E-state index contributed by atoms with van der Waals surface area (Å²) in [5.74, 6) is -0.182. The van der Waals surface area contributed by atoms with Gasteiger partial charge in [0.25, 0.3) is 0 Å². The van der Waals surface area contributed by atoms with Crippen LogP contribution in [0.25, 0.3) is 0 Å². The van der Waals surface area contributed by atoms with E-state index in [4.69, 9.17) is 4.74 Å². The van der Waals surface area contributed by atoms with E-state index in [9.17, 15) is 4.39 Å². The number of nitrogens with one attached hydrogen (secondary N) is 1. The van der Waals surface area contributed by atoms with Crippen LogP contribution < -0.4 is 5.32 Å². The van der Waals surface area contributed by atoms with Crippen molar-refractivity contribution < 1.29 is 9.13 Å². The van der Waals surface area contributed by atoms with Gasteiger partial charge in [-0.15, -0.1) is 0 Å². The highest BCUT2D eigenvalue weighted by Gasteiger charge is 2.38. The molecule has 2 unspecified atom stereocenters. The Labute approximate surface area is 109 Å². The molecule has 0 bridgehead atoms. The highest BCUT2D eigenvalue weighted by atomic mass is 19.1. The molecule has 2 nitrogen and oxygen atoms in total. The zero-order valence-corrected chi connectivity index (χ0v) is 11.4. The van der Waals surface area contributed by atoms with E-state index in [2.05, 4.69) is 26.1 Å². The lowest BCUT2D eigenvalue weighted by Crippen LogP contribution is -2.58. The minimum absolute atomic E-state index is 0.125. The van der Waals surface area contributed by atoms with Crippen LogP contribution in [-0.4, -0.2) is 24.3 Å². The minimum atomic E-state index is -0.267. The Hall–Kier alpha value is -0.930. The molecule has 0 amide bonds. The number of hydrogen-bond acceptors (Lipinski definition) is 2. The lowest BCUT2D eigenvalue weighted by molar-refractivity contribution is -0.162. The first-order chi connectivity index (χ1) is 8.45. The second-order valence-corrected chi connectivity index (χ2v) is 5.77. The molecule has 1 fully saturated rings. The minimum Gasteiger partial charge on any atom is -0.366 e. The third-order valence-corrected chi connectivity index (χ3v) is 3.71. The van der Waals surface area contributed by atoms with Crippen LogP contribution in [0.1, 0.15) is 32.8 Å². The van der Waals surface area contributed by atoms with Crippen LogP contribution in [0, 0.1) is 5.82 Å². The van der Waals surface area contributed by atoms with Gasteiger partial charge >= 0.3 is 0 Å². The molecule has 0 aliphatic carbocycles. The molecule has 18 heavy (non-hydrogen) atoms. The average molecular weight is 251 g/mol. The Balaban J connectivity index is 2.12. The second kappa shape index (κ2) is 4.98. The van der Waals surface area contributed by atoms with E-state index in [-0.39, 0.29) is 17.0 Å². The van der Waals surface area contributed by atoms with Crippen molar-refractivity contribution in [1.82, 2.24) is 5.32 Å². The third-order valence-electron chi connectivity index (χ3n) is 3.71. The van der Waals surface area contributed by atoms with Crippen LogP contribution in [0.15, 0.2) is 24.3 Å². The largest absolute Gasteiger partial charge is 0.366 e. The average Bonchev–Trinajstić information content (AvgIpc) is 2.28. The zero-order valence-electron chi connectivity index (χ0n) is 11.4. The molecule has 100 valence electrons. The molecule has 3 heteroatoms. The number of benzene rings is 1. The van der Waals surface area contributed by atoms with E-state index in [0.717, 1.165) is 31.5 Å². The zero-order chi connectivity index (χ0) is 13.2. The quantitative estimate of drug-likeness (QED) is 0.892. The maximum atomic E-state index is 13.2. The molecule has 1 aromatic rings. The molecule has 1 aromatic carbocycles. The molecule has 2 atom stereocenters. The summed E-state index contributed by atoms with van der Waals surface area (Å²) < 4.78 is 19.5. The lowest BCUT2D eigenvalue weighted by atomic mass is 9.90. The van der Waals surface area contributed by atoms with Gasteiger partial charge < -0.3 is 10.1 Å². The van der Waals surface area contributed by atoms with Crippen molar-refractivity contribution >= 4 is 0 Å². The fraction of sp³-hybridized carbons (Fsp3) is 0.600. The highest BCUT2D eigenvalue weighted by molar-refractivity contribution is 5.19. The number of rotatable bonds is 3. The van der Waals surface area contributed by atoms with Crippen molar-refractivity contribution in [2.75, 3.05) is 13.1 Å². The summed E-state index contributed by atoms with van der Waals surface area (Å²) in [5.41, 5.74) is 0.594. The Morgan fingerprint density at radius 2 is 2.00 bits per heavy atom. The molecular formula is C15H22FNO. The second-order valence-electron chi connectivity index (χ2n) is 5.77. The molecule has 0 radical (unpaired) electrons. The molecule has 1 heterocycles. The van der Waals surface area contributed by atoms with Gasteiger partial charge in [-0.1, -0.05) is 19.1 Å². The molecular weight excluding hydrogens is 229 g/mol. The van der Waals surface area contributed by atoms with Gasteiger partial charge in [0.15, 0.2) is 0 Å². The van der Waals surface area contributed by atoms with Gasteiger partial charge in [0.05, 0.1) is 11.2 Å². The summed E-state index contributed by atoms with van der Waals surface area (Å²) in [6, 6.07) is 6.77. The molecule has 0 aromatic heterocycles. The molecule has 0 saturated carbocycles. The van der Waals surface area contributed by atoms with Crippen molar-refractivity contribution in [1.29, 1.82) is 0 Å². The van der Waals surface area contributed by atoms with Crippen LogP contribution in [-0.2, 0) is 11.2 Å². The van der Waals surface area contributed by atoms with Crippen molar-refractivity contribution in [3.63, 3.8) is 0 Å². The number of morpholine rings is 1. The van der Waals surface area contributed by atoms with Gasteiger partial charge in [-0.05, 0) is 38.0 Å². The predicted octanol–water partition coefficient (Wildman–Crippen LogP) is 2.92. The van der Waals surface area contributed by atoms with E-state index < -0.39 is 0 Å². The summed E-state index contributed by atoms with van der Waals surface area (Å²) >= 11 is 0. The van der Waals surface area contributed by atoms with Gasteiger partial charge in [0, 0.05) is 19.5 Å². The van der Waals surface area contributed by atoms with Gasteiger partial charge in [-0.2, -0.15) is 0 Å². The summed E-state index contributed by atoms with van der Waals surface area (Å²) in [5, 5.41) is 3.43. The van der Waals surface area contributed by atoms with E-state index >= 15 is 0 Å². The van der Waals surface area contributed by atoms with Crippen LogP contribution in [0.3, 0.4) is 0 Å². The van der Waals surface area contributed by atoms with Crippen LogP contribution >= 0.6 is 0 Å². The molecule has 2 rings (SSSR count). The van der Waals surface area contributed by atoms with Gasteiger partial charge in [0.2, 0.25) is 0 Å². The first-order valence-electron chi connectivity index (χ1n) is 6.60. The Morgan fingerprint density at radius 1 is 1.28 bits per heavy atom. The summed E-state index contributed by atoms with van der Waals surface area (Å²) in [7, 11) is 0. The monoisotopic (exact) mass is 251 g/mol. The lowest BCUT2D eigenvalue weighted by Gasteiger charge is -2.45. The number of ether oxygens (including phenoxy) is 1. The highest BCUT2D eigenvalue weighted by Crippen LogP contribution is 2.29. The fourth-order valence-electron chi connectivity index (χ4n) is 2.63.